The molecule has 0 bridgehead atoms. The highest BCUT2D eigenvalue weighted by molar-refractivity contribution is 7.80. The third-order valence-electron chi connectivity index (χ3n) is 5.27. The van der Waals surface area contributed by atoms with Gasteiger partial charge in [0.15, 0.2) is 0 Å². The van der Waals surface area contributed by atoms with Gasteiger partial charge in [-0.1, -0.05) is 0 Å². The molecule has 0 aliphatic carbocycles. The monoisotopic (exact) mass is 483 g/mol. The maximum absolute atomic E-state index is 13.2. The van der Waals surface area contributed by atoms with Crippen molar-refractivity contribution in [1.29, 1.82) is 0 Å². The topological polar surface area (TPSA) is 214 Å². The Morgan fingerprint density at radius 1 is 1.24 bits per heavy atom. The summed E-state index contributed by atoms with van der Waals surface area (Å²) in [6, 6.07) is -4.24. The Hall–Kier alpha value is -3.13. The van der Waals surface area contributed by atoms with Gasteiger partial charge in [-0.2, -0.15) is 12.6 Å². The number of aliphatic carboxylic acids is 1. The number of nitrogens with zero attached hydrogens (tertiary/aromatic N) is 2. The molecule has 0 spiro atoms. The summed E-state index contributed by atoms with van der Waals surface area (Å²) in [7, 11) is 0. The van der Waals surface area contributed by atoms with E-state index in [0.29, 0.717) is 18.5 Å². The van der Waals surface area contributed by atoms with Gasteiger partial charge in [0.05, 0.1) is 12.4 Å². The summed E-state index contributed by atoms with van der Waals surface area (Å²) in [5.74, 6) is -3.73. The van der Waals surface area contributed by atoms with E-state index in [2.05, 4.69) is 33.2 Å². The van der Waals surface area contributed by atoms with E-state index < -0.39 is 53.8 Å². The van der Waals surface area contributed by atoms with Crippen molar-refractivity contribution in [2.45, 2.75) is 56.3 Å². The highest BCUT2D eigenvalue weighted by atomic mass is 32.1. The van der Waals surface area contributed by atoms with Crippen molar-refractivity contribution < 1.29 is 29.1 Å². The maximum atomic E-state index is 13.2. The summed E-state index contributed by atoms with van der Waals surface area (Å²) in [5.41, 5.74) is 11.3. The van der Waals surface area contributed by atoms with Crippen LogP contribution in [0.3, 0.4) is 0 Å². The van der Waals surface area contributed by atoms with Gasteiger partial charge < -0.3 is 37.1 Å². The lowest BCUT2D eigenvalue weighted by Gasteiger charge is -2.28. The number of nitrogens with two attached hydrogens (primary N) is 2. The fourth-order valence-electron chi connectivity index (χ4n) is 3.48. The van der Waals surface area contributed by atoms with Crippen LogP contribution in [0.1, 0.15) is 31.4 Å². The third kappa shape index (κ3) is 7.46. The normalized spacial score (nSPS) is 18.2. The molecule has 0 saturated carbocycles. The molecule has 1 aromatic rings. The number of carbonyl (C=O) groups is 5. The molecule has 4 unspecified atom stereocenters. The molecular weight excluding hydrogens is 454 g/mol. The van der Waals surface area contributed by atoms with Gasteiger partial charge in [0.2, 0.25) is 23.6 Å². The Labute approximate surface area is 195 Å². The summed E-state index contributed by atoms with van der Waals surface area (Å²) in [5, 5.41) is 14.4. The number of likely N-dealkylation sites (tertiary alicyclic amines) is 1. The van der Waals surface area contributed by atoms with Crippen LogP contribution in [0.15, 0.2) is 12.5 Å². The minimum absolute atomic E-state index is 0.00848. The van der Waals surface area contributed by atoms with Crippen LogP contribution in [0.2, 0.25) is 0 Å². The average molecular weight is 484 g/mol. The molecule has 2 heterocycles. The van der Waals surface area contributed by atoms with Crippen LogP contribution in [-0.2, 0) is 30.4 Å². The molecule has 182 valence electrons. The quantitative estimate of drug-likeness (QED) is 0.158. The number of rotatable bonds is 12. The van der Waals surface area contributed by atoms with Gasteiger partial charge in [0.1, 0.15) is 18.1 Å². The predicted molar refractivity (Wildman–Crippen MR) is 119 cm³/mol. The number of imidazole rings is 1. The molecule has 1 aliphatic rings. The van der Waals surface area contributed by atoms with E-state index in [-0.39, 0.29) is 31.6 Å². The summed E-state index contributed by atoms with van der Waals surface area (Å²) < 4.78 is 0. The van der Waals surface area contributed by atoms with E-state index in [1.165, 1.54) is 17.4 Å². The first-order chi connectivity index (χ1) is 15.6. The SMILES string of the molecule is NC(=O)CCC(N)C(=O)NC(CS)C(=O)NC(Cc1cnc[nH]1)C(=O)N1CCCC1C(=O)O. The van der Waals surface area contributed by atoms with Gasteiger partial charge in [-0.15, -0.1) is 0 Å². The first-order valence-corrected chi connectivity index (χ1v) is 11.0. The molecule has 4 amide bonds. The molecule has 0 radical (unpaired) electrons. The largest absolute Gasteiger partial charge is 0.480 e. The molecule has 1 aliphatic heterocycles. The summed E-state index contributed by atoms with van der Waals surface area (Å²) in [4.78, 5) is 68.7. The number of carboxylic acids is 1. The first-order valence-electron chi connectivity index (χ1n) is 10.4. The molecule has 2 rings (SSSR count). The van der Waals surface area contributed by atoms with Crippen LogP contribution < -0.4 is 22.1 Å². The minimum atomic E-state index is -1.12. The van der Waals surface area contributed by atoms with Crippen LogP contribution in [0.25, 0.3) is 0 Å². The zero-order chi connectivity index (χ0) is 24.5. The van der Waals surface area contributed by atoms with Crippen molar-refractivity contribution >= 4 is 42.2 Å². The Morgan fingerprint density at radius 3 is 2.52 bits per heavy atom. The Kier molecular flexibility index (Phi) is 9.66. The Balaban J connectivity index is 2.10. The van der Waals surface area contributed by atoms with Crippen molar-refractivity contribution in [3.8, 4) is 0 Å². The number of carbonyl (C=O) groups excluding carboxylic acids is 4. The molecule has 1 saturated heterocycles. The zero-order valence-electron chi connectivity index (χ0n) is 17.9. The smallest absolute Gasteiger partial charge is 0.326 e. The summed E-state index contributed by atoms with van der Waals surface area (Å²) >= 11 is 4.09. The summed E-state index contributed by atoms with van der Waals surface area (Å²) in [6.07, 6.45) is 3.72. The van der Waals surface area contributed by atoms with Crippen LogP contribution in [0.5, 0.6) is 0 Å². The molecule has 33 heavy (non-hydrogen) atoms. The van der Waals surface area contributed by atoms with Gasteiger partial charge in [-0.05, 0) is 19.3 Å². The number of carboxylic acid groups (broad SMARTS) is 1. The van der Waals surface area contributed by atoms with Crippen molar-refractivity contribution in [2.24, 2.45) is 11.5 Å². The van der Waals surface area contributed by atoms with Crippen LogP contribution in [0, 0.1) is 0 Å². The lowest BCUT2D eigenvalue weighted by Crippen LogP contribution is -2.58. The lowest BCUT2D eigenvalue weighted by atomic mass is 10.1. The van der Waals surface area contributed by atoms with E-state index in [1.807, 2.05) is 0 Å². The number of hydrogen-bond donors (Lipinski definition) is 7. The number of aromatic nitrogens is 2. The molecule has 1 aromatic heterocycles. The van der Waals surface area contributed by atoms with E-state index in [9.17, 15) is 29.1 Å². The number of amides is 4. The van der Waals surface area contributed by atoms with Gasteiger partial charge in [0.25, 0.3) is 0 Å². The van der Waals surface area contributed by atoms with Crippen LogP contribution >= 0.6 is 12.6 Å². The van der Waals surface area contributed by atoms with E-state index >= 15 is 0 Å². The second-order valence-electron chi connectivity index (χ2n) is 7.73. The standard InChI is InChI=1S/C19H29N7O6S/c20-11(3-4-15(21)27)16(28)25-13(8-33)17(29)24-12(6-10-7-22-9-23-10)18(30)26-5-1-2-14(26)19(31)32/h7,9,11-14,33H,1-6,8,20H2,(H2,21,27)(H,22,23)(H,24,29)(H,25,28)(H,31,32). The Morgan fingerprint density at radius 2 is 1.94 bits per heavy atom. The molecule has 14 heteroatoms. The highest BCUT2D eigenvalue weighted by Gasteiger charge is 2.38. The average Bonchev–Trinajstić information content (AvgIpc) is 3.46. The number of thiol groups is 1. The van der Waals surface area contributed by atoms with E-state index in [1.54, 1.807) is 0 Å². The number of nitrogens with one attached hydrogen (secondary N) is 3. The van der Waals surface area contributed by atoms with E-state index in [4.69, 9.17) is 11.5 Å². The molecule has 13 nitrogen and oxygen atoms in total. The molecular formula is C19H29N7O6S. The van der Waals surface area contributed by atoms with Gasteiger partial charge in [0, 0.05) is 37.0 Å². The second-order valence-corrected chi connectivity index (χ2v) is 8.09. The minimum Gasteiger partial charge on any atom is -0.480 e. The second kappa shape index (κ2) is 12.2. The van der Waals surface area contributed by atoms with Gasteiger partial charge in [-0.3, -0.25) is 19.2 Å². The van der Waals surface area contributed by atoms with Crippen LogP contribution in [-0.4, -0.2) is 86.0 Å². The highest BCUT2D eigenvalue weighted by Crippen LogP contribution is 2.19. The van der Waals surface area contributed by atoms with Gasteiger partial charge >= 0.3 is 5.97 Å². The molecule has 8 N–H and O–H groups in total. The number of hydrogen-bond acceptors (Lipinski definition) is 8. The predicted octanol–water partition coefficient (Wildman–Crippen LogP) is -2.48. The van der Waals surface area contributed by atoms with Crippen molar-refractivity contribution in [1.82, 2.24) is 25.5 Å². The third-order valence-corrected chi connectivity index (χ3v) is 5.63. The van der Waals surface area contributed by atoms with Crippen LogP contribution in [0.4, 0.5) is 0 Å². The zero-order valence-corrected chi connectivity index (χ0v) is 18.8. The maximum Gasteiger partial charge on any atom is 0.326 e. The summed E-state index contributed by atoms with van der Waals surface area (Å²) in [6.45, 7) is 0.257. The number of primary amides is 1. The number of H-pyrrole nitrogens is 1. The van der Waals surface area contributed by atoms with Crippen molar-refractivity contribution in [3.63, 3.8) is 0 Å². The molecule has 4 atom stereocenters. The Bertz CT molecular complexity index is 865. The van der Waals surface area contributed by atoms with Crippen molar-refractivity contribution in [2.75, 3.05) is 12.3 Å². The molecule has 1 fully saturated rings. The first kappa shape index (κ1) is 26.1. The van der Waals surface area contributed by atoms with Gasteiger partial charge in [-0.25, -0.2) is 9.78 Å². The van der Waals surface area contributed by atoms with E-state index in [0.717, 1.165) is 0 Å². The fraction of sp³-hybridized carbons (Fsp3) is 0.579. The van der Waals surface area contributed by atoms with Crippen molar-refractivity contribution in [3.05, 3.63) is 18.2 Å². The molecule has 0 aromatic carbocycles. The fourth-order valence-corrected chi connectivity index (χ4v) is 3.73. The number of aromatic amines is 1. The lowest BCUT2D eigenvalue weighted by molar-refractivity contribution is -0.149.